The topological polar surface area (TPSA) is 20.3 Å². The first kappa shape index (κ1) is 18.5. The number of Topliss-reactive ketones (excluding diaryl/α,β-unsaturated/α-hetero) is 1. The van der Waals surface area contributed by atoms with Crippen molar-refractivity contribution in [2.75, 3.05) is 19.6 Å². The van der Waals surface area contributed by atoms with Gasteiger partial charge in [0.05, 0.1) is 6.54 Å². The number of ketones is 1. The fourth-order valence-electron chi connectivity index (χ4n) is 7.21. The van der Waals surface area contributed by atoms with E-state index in [-0.39, 0.29) is 17.8 Å². The minimum atomic E-state index is -0.00261. The molecule has 4 bridgehead atoms. The van der Waals surface area contributed by atoms with Gasteiger partial charge in [-0.15, -0.1) is 12.4 Å². The molecule has 4 aliphatic carbocycles. The summed E-state index contributed by atoms with van der Waals surface area (Å²) in [5.74, 6) is 2.15. The largest absolute Gasteiger partial charge is 0.298 e. The molecule has 142 valence electrons. The first-order valence-corrected chi connectivity index (χ1v) is 10.5. The van der Waals surface area contributed by atoms with Crippen LogP contribution in [0.1, 0.15) is 63.4 Å². The molecule has 2 unspecified atom stereocenters. The number of carbonyl (C=O) groups excluding carboxylic acids is 1. The zero-order chi connectivity index (χ0) is 16.9. The molecule has 26 heavy (non-hydrogen) atoms. The molecule has 3 heteroatoms. The van der Waals surface area contributed by atoms with Gasteiger partial charge in [-0.1, -0.05) is 36.8 Å². The maximum Gasteiger partial charge on any atom is 0.153 e. The molecule has 2 atom stereocenters. The number of nitrogens with zero attached hydrogens (tertiary/aromatic N) is 1. The number of benzene rings is 1. The van der Waals surface area contributed by atoms with Gasteiger partial charge in [-0.3, -0.25) is 9.69 Å². The van der Waals surface area contributed by atoms with Crippen molar-refractivity contribution in [1.29, 1.82) is 0 Å². The molecule has 1 aromatic carbocycles. The van der Waals surface area contributed by atoms with Gasteiger partial charge in [0.1, 0.15) is 0 Å². The van der Waals surface area contributed by atoms with Crippen molar-refractivity contribution in [2.24, 2.45) is 17.3 Å². The van der Waals surface area contributed by atoms with Gasteiger partial charge in [-0.25, -0.2) is 0 Å². The molecule has 1 aromatic rings. The molecule has 0 N–H and O–H groups in total. The minimum Gasteiger partial charge on any atom is -0.298 e. The van der Waals surface area contributed by atoms with E-state index in [1.165, 1.54) is 56.9 Å². The highest BCUT2D eigenvalue weighted by atomic mass is 35.5. The molecule has 1 aliphatic heterocycles. The Hall–Kier alpha value is -0.860. The molecule has 5 aliphatic rings. The Bertz CT molecular complexity index is 637. The Labute approximate surface area is 164 Å². The smallest absolute Gasteiger partial charge is 0.153 e. The quantitative estimate of drug-likeness (QED) is 0.740. The predicted molar refractivity (Wildman–Crippen MR) is 108 cm³/mol. The lowest BCUT2D eigenvalue weighted by molar-refractivity contribution is -0.148. The zero-order valence-corrected chi connectivity index (χ0v) is 16.6. The van der Waals surface area contributed by atoms with Gasteiger partial charge in [0.25, 0.3) is 0 Å². The van der Waals surface area contributed by atoms with Crippen molar-refractivity contribution in [3.05, 3.63) is 35.9 Å². The molecule has 5 fully saturated rings. The molecule has 2 nitrogen and oxygen atoms in total. The Kier molecular flexibility index (Phi) is 4.94. The number of piperidine rings is 1. The van der Waals surface area contributed by atoms with Crippen molar-refractivity contribution in [3.63, 3.8) is 0 Å². The van der Waals surface area contributed by atoms with Crippen molar-refractivity contribution in [1.82, 2.24) is 4.90 Å². The monoisotopic (exact) mass is 373 g/mol. The van der Waals surface area contributed by atoms with Crippen LogP contribution in [0.5, 0.6) is 0 Å². The molecule has 0 amide bonds. The van der Waals surface area contributed by atoms with E-state index in [1.807, 2.05) is 0 Å². The summed E-state index contributed by atoms with van der Waals surface area (Å²) in [5.41, 5.74) is 1.81. The molecule has 1 heterocycles. The minimum absolute atomic E-state index is 0. The predicted octanol–water partition coefficient (Wildman–Crippen LogP) is 5.00. The number of carbonyl (C=O) groups is 1. The van der Waals surface area contributed by atoms with Crippen LogP contribution in [0.4, 0.5) is 0 Å². The van der Waals surface area contributed by atoms with Crippen LogP contribution in [0.3, 0.4) is 0 Å². The summed E-state index contributed by atoms with van der Waals surface area (Å²) in [7, 11) is 0. The number of hydrogen-bond acceptors (Lipinski definition) is 2. The number of halogens is 1. The van der Waals surface area contributed by atoms with Crippen molar-refractivity contribution in [3.8, 4) is 0 Å². The van der Waals surface area contributed by atoms with E-state index in [4.69, 9.17) is 0 Å². The van der Waals surface area contributed by atoms with Crippen LogP contribution in [-0.4, -0.2) is 30.3 Å². The lowest BCUT2D eigenvalue weighted by Gasteiger charge is -2.62. The summed E-state index contributed by atoms with van der Waals surface area (Å²) in [4.78, 5) is 15.9. The molecule has 1 saturated heterocycles. The Morgan fingerprint density at radius 1 is 0.962 bits per heavy atom. The Morgan fingerprint density at radius 2 is 1.62 bits per heavy atom. The molecular formula is C23H32ClNO. The molecule has 0 spiro atoms. The van der Waals surface area contributed by atoms with E-state index in [9.17, 15) is 4.79 Å². The highest BCUT2D eigenvalue weighted by Gasteiger charge is 2.60. The second kappa shape index (κ2) is 6.95. The number of hydrogen-bond donors (Lipinski definition) is 0. The third-order valence-corrected chi connectivity index (χ3v) is 7.85. The Balaban J connectivity index is 0.00000168. The van der Waals surface area contributed by atoms with Gasteiger partial charge in [0.2, 0.25) is 0 Å². The van der Waals surface area contributed by atoms with E-state index in [0.717, 1.165) is 37.9 Å². The highest BCUT2D eigenvalue weighted by Crippen LogP contribution is 2.66. The second-order valence-electron chi connectivity index (χ2n) is 9.65. The van der Waals surface area contributed by atoms with Crippen LogP contribution in [-0.2, 0) is 10.2 Å². The van der Waals surface area contributed by atoms with E-state index in [1.54, 1.807) is 0 Å². The van der Waals surface area contributed by atoms with Crippen LogP contribution in [0.15, 0.2) is 30.3 Å². The first-order chi connectivity index (χ1) is 12.2. The van der Waals surface area contributed by atoms with Crippen molar-refractivity contribution >= 4 is 18.2 Å². The van der Waals surface area contributed by atoms with E-state index in [2.05, 4.69) is 35.2 Å². The standard InChI is InChI=1S/C23H31NO.ClH/c25-21(16-24-9-5-2-6-10-24)23-14-18-11-19(15-23)13-22(12-18,17-23)20-7-3-1-4-8-20;/h1,3-4,7-8,18-19H,2,5-6,9-17H2;1H. The van der Waals surface area contributed by atoms with Crippen molar-refractivity contribution in [2.45, 2.75) is 63.2 Å². The maximum absolute atomic E-state index is 13.5. The van der Waals surface area contributed by atoms with E-state index in [0.29, 0.717) is 11.2 Å². The normalized spacial score (nSPS) is 38.8. The fraction of sp³-hybridized carbons (Fsp3) is 0.696. The lowest BCUT2D eigenvalue weighted by atomic mass is 9.42. The van der Waals surface area contributed by atoms with Crippen LogP contribution < -0.4 is 0 Å². The summed E-state index contributed by atoms with van der Waals surface area (Å²) >= 11 is 0. The average Bonchev–Trinajstić information content (AvgIpc) is 2.62. The Morgan fingerprint density at radius 3 is 2.27 bits per heavy atom. The third-order valence-electron chi connectivity index (χ3n) is 7.85. The molecule has 4 saturated carbocycles. The highest BCUT2D eigenvalue weighted by molar-refractivity contribution is 5.87. The number of rotatable bonds is 4. The number of likely N-dealkylation sites (tertiary alicyclic amines) is 1. The fourth-order valence-corrected chi connectivity index (χ4v) is 7.21. The van der Waals surface area contributed by atoms with Gasteiger partial charge in [0.15, 0.2) is 5.78 Å². The summed E-state index contributed by atoms with van der Waals surface area (Å²) in [6.45, 7) is 3.00. The molecule has 6 rings (SSSR count). The van der Waals surface area contributed by atoms with Gasteiger partial charge in [-0.05, 0) is 87.3 Å². The van der Waals surface area contributed by atoms with Gasteiger partial charge >= 0.3 is 0 Å². The van der Waals surface area contributed by atoms with Crippen LogP contribution in [0.2, 0.25) is 0 Å². The van der Waals surface area contributed by atoms with Crippen molar-refractivity contribution < 1.29 is 4.79 Å². The molecule has 0 aromatic heterocycles. The summed E-state index contributed by atoms with van der Waals surface area (Å²) in [5, 5.41) is 0. The summed E-state index contributed by atoms with van der Waals surface area (Å²) < 4.78 is 0. The van der Waals surface area contributed by atoms with Crippen LogP contribution >= 0.6 is 12.4 Å². The second-order valence-corrected chi connectivity index (χ2v) is 9.65. The van der Waals surface area contributed by atoms with Gasteiger partial charge < -0.3 is 0 Å². The third kappa shape index (κ3) is 3.03. The molecule has 0 radical (unpaired) electrons. The SMILES string of the molecule is Cl.O=C(CN1CCCCC1)C12CC3CC(C1)CC(c1ccccc1)(C3)C2. The average molecular weight is 374 g/mol. The van der Waals surface area contributed by atoms with Gasteiger partial charge in [0, 0.05) is 5.41 Å². The van der Waals surface area contributed by atoms with Crippen LogP contribution in [0.25, 0.3) is 0 Å². The summed E-state index contributed by atoms with van der Waals surface area (Å²) in [6.07, 6.45) is 11.4. The lowest BCUT2D eigenvalue weighted by Crippen LogP contribution is -2.58. The summed E-state index contributed by atoms with van der Waals surface area (Å²) in [6, 6.07) is 11.2. The maximum atomic E-state index is 13.5. The van der Waals surface area contributed by atoms with Crippen LogP contribution in [0, 0.1) is 17.3 Å². The first-order valence-electron chi connectivity index (χ1n) is 10.5. The molecular weight excluding hydrogens is 342 g/mol. The zero-order valence-electron chi connectivity index (χ0n) is 15.8. The van der Waals surface area contributed by atoms with E-state index < -0.39 is 0 Å². The van der Waals surface area contributed by atoms with Gasteiger partial charge in [-0.2, -0.15) is 0 Å². The van der Waals surface area contributed by atoms with E-state index >= 15 is 0 Å².